The average Bonchev–Trinajstić information content (AvgIpc) is 3.03. The Morgan fingerprint density at radius 2 is 1.84 bits per heavy atom. The van der Waals surface area contributed by atoms with Crippen LogP contribution in [0.25, 0.3) is 16.6 Å². The Bertz CT molecular complexity index is 933. The van der Waals surface area contributed by atoms with Crippen LogP contribution in [-0.4, -0.2) is 10.8 Å². The van der Waals surface area contributed by atoms with Crippen LogP contribution in [0, 0.1) is 18.2 Å². The molecule has 0 aliphatic heterocycles. The summed E-state index contributed by atoms with van der Waals surface area (Å²) >= 11 is 0. The van der Waals surface area contributed by atoms with Gasteiger partial charge in [0, 0.05) is 23.0 Å². The summed E-state index contributed by atoms with van der Waals surface area (Å²) in [5.74, 6) is 0.384. The Morgan fingerprint density at radius 1 is 1.04 bits per heavy atom. The highest BCUT2D eigenvalue weighted by atomic mass is 19.1. The zero-order valence-electron chi connectivity index (χ0n) is 14.6. The number of rotatable bonds is 3. The molecule has 4 rings (SSSR count). The lowest BCUT2D eigenvalue weighted by Crippen LogP contribution is -2.10. The number of nitrogens with one attached hydrogen (secondary N) is 1. The molecule has 0 spiro atoms. The molecule has 3 heteroatoms. The van der Waals surface area contributed by atoms with Crippen molar-refractivity contribution in [3.8, 4) is 5.69 Å². The van der Waals surface area contributed by atoms with Crippen molar-refractivity contribution < 1.29 is 4.39 Å². The van der Waals surface area contributed by atoms with Crippen LogP contribution < -0.4 is 0 Å². The van der Waals surface area contributed by atoms with E-state index in [9.17, 15) is 4.39 Å². The van der Waals surface area contributed by atoms with Crippen LogP contribution in [-0.2, 0) is 0 Å². The number of nitrogens with zero attached hydrogens (tertiary/aromatic N) is 1. The Hall–Kier alpha value is -2.42. The molecule has 1 aromatic heterocycles. The van der Waals surface area contributed by atoms with Gasteiger partial charge in [-0.2, -0.15) is 0 Å². The largest absolute Gasteiger partial charge is 0.313 e. The maximum absolute atomic E-state index is 13.8. The van der Waals surface area contributed by atoms with Crippen molar-refractivity contribution in [2.24, 2.45) is 0 Å². The van der Waals surface area contributed by atoms with E-state index in [1.165, 1.54) is 49.4 Å². The van der Waals surface area contributed by atoms with Crippen LogP contribution in [0.5, 0.6) is 0 Å². The van der Waals surface area contributed by atoms with E-state index in [1.807, 2.05) is 25.1 Å². The van der Waals surface area contributed by atoms with Crippen LogP contribution >= 0.6 is 0 Å². The van der Waals surface area contributed by atoms with Gasteiger partial charge in [0.1, 0.15) is 5.82 Å². The summed E-state index contributed by atoms with van der Waals surface area (Å²) in [6.07, 6.45) is 7.69. The van der Waals surface area contributed by atoms with Gasteiger partial charge in [0.25, 0.3) is 0 Å². The fourth-order valence-corrected chi connectivity index (χ4v) is 4.08. The second kappa shape index (κ2) is 6.47. The molecule has 3 aromatic rings. The second-order valence-corrected chi connectivity index (χ2v) is 7.14. The van der Waals surface area contributed by atoms with Crippen LogP contribution in [0.1, 0.15) is 54.8 Å². The van der Waals surface area contributed by atoms with Crippen molar-refractivity contribution in [2.45, 2.75) is 44.9 Å². The lowest BCUT2D eigenvalue weighted by Gasteiger charge is -2.24. The van der Waals surface area contributed by atoms with Gasteiger partial charge in [-0.05, 0) is 67.1 Å². The predicted molar refractivity (Wildman–Crippen MR) is 102 cm³/mol. The minimum absolute atomic E-state index is 0.167. The monoisotopic (exact) mass is 334 g/mol. The van der Waals surface area contributed by atoms with Gasteiger partial charge in [-0.15, -0.1) is 0 Å². The molecule has 1 heterocycles. The minimum atomic E-state index is -0.167. The third-order valence-corrected chi connectivity index (χ3v) is 5.45. The molecular formula is C22H23FN2. The molecule has 0 unspecified atom stereocenters. The van der Waals surface area contributed by atoms with Crippen LogP contribution in [0.2, 0.25) is 0 Å². The molecule has 0 amide bonds. The van der Waals surface area contributed by atoms with Gasteiger partial charge in [0.05, 0.1) is 5.52 Å². The zero-order chi connectivity index (χ0) is 17.4. The summed E-state index contributed by atoms with van der Waals surface area (Å²) in [6.45, 7) is 1.81. The number of benzene rings is 2. The number of hydrogen-bond donors (Lipinski definition) is 1. The molecule has 0 saturated heterocycles. The van der Waals surface area contributed by atoms with Gasteiger partial charge in [-0.1, -0.05) is 31.4 Å². The van der Waals surface area contributed by atoms with E-state index in [1.54, 1.807) is 6.07 Å². The molecule has 25 heavy (non-hydrogen) atoms. The van der Waals surface area contributed by atoms with Crippen molar-refractivity contribution in [3.05, 3.63) is 65.1 Å². The molecule has 2 aromatic carbocycles. The fourth-order valence-electron chi connectivity index (χ4n) is 4.08. The Morgan fingerprint density at radius 3 is 2.56 bits per heavy atom. The maximum Gasteiger partial charge on any atom is 0.126 e. The smallest absolute Gasteiger partial charge is 0.126 e. The van der Waals surface area contributed by atoms with Gasteiger partial charge in [-0.3, -0.25) is 0 Å². The lowest BCUT2D eigenvalue weighted by atomic mass is 9.87. The first kappa shape index (κ1) is 16.1. The quantitative estimate of drug-likeness (QED) is 0.559. The maximum atomic E-state index is 13.8. The molecule has 1 N–H and O–H groups in total. The summed E-state index contributed by atoms with van der Waals surface area (Å²) < 4.78 is 16.1. The van der Waals surface area contributed by atoms with Gasteiger partial charge in [0.15, 0.2) is 0 Å². The molecular weight excluding hydrogens is 311 g/mol. The first-order chi connectivity index (χ1) is 12.2. The standard InChI is InChI=1S/C22H23FN2/c1-15-11-19(9-10-20(15)23)25-21-12-16(14-24)7-8-18(21)13-22(25)17-5-3-2-4-6-17/h7-14,17,24H,2-6H2,1H3. The lowest BCUT2D eigenvalue weighted by molar-refractivity contribution is 0.434. The predicted octanol–water partition coefficient (Wildman–Crippen LogP) is 6.12. The average molecular weight is 334 g/mol. The molecule has 1 aliphatic carbocycles. The molecule has 1 aliphatic rings. The van der Waals surface area contributed by atoms with E-state index >= 15 is 0 Å². The minimum Gasteiger partial charge on any atom is -0.313 e. The summed E-state index contributed by atoms with van der Waals surface area (Å²) in [5.41, 5.74) is 4.99. The van der Waals surface area contributed by atoms with Crippen molar-refractivity contribution in [1.82, 2.24) is 4.57 Å². The zero-order valence-corrected chi connectivity index (χ0v) is 14.6. The summed E-state index contributed by atoms with van der Waals surface area (Å²) in [7, 11) is 0. The highest BCUT2D eigenvalue weighted by molar-refractivity contribution is 5.90. The topological polar surface area (TPSA) is 28.8 Å². The van der Waals surface area contributed by atoms with Gasteiger partial charge < -0.3 is 9.98 Å². The van der Waals surface area contributed by atoms with E-state index in [0.717, 1.165) is 16.8 Å². The van der Waals surface area contributed by atoms with E-state index in [4.69, 9.17) is 5.41 Å². The molecule has 0 atom stereocenters. The number of aromatic nitrogens is 1. The summed E-state index contributed by atoms with van der Waals surface area (Å²) in [4.78, 5) is 0. The van der Waals surface area contributed by atoms with Crippen LogP contribution in [0.3, 0.4) is 0 Å². The fraction of sp³-hybridized carbons (Fsp3) is 0.318. The Labute approximate surface area is 147 Å². The third-order valence-electron chi connectivity index (χ3n) is 5.45. The van der Waals surface area contributed by atoms with E-state index in [0.29, 0.717) is 11.5 Å². The highest BCUT2D eigenvalue weighted by Gasteiger charge is 2.22. The van der Waals surface area contributed by atoms with Crippen molar-refractivity contribution in [3.63, 3.8) is 0 Å². The van der Waals surface area contributed by atoms with Gasteiger partial charge >= 0.3 is 0 Å². The van der Waals surface area contributed by atoms with E-state index < -0.39 is 0 Å². The Kier molecular flexibility index (Phi) is 4.16. The number of aryl methyl sites for hydroxylation is 1. The van der Waals surface area contributed by atoms with Crippen molar-refractivity contribution in [1.29, 1.82) is 5.41 Å². The SMILES string of the molecule is Cc1cc(-n2c(C3CCCCC3)cc3ccc(C=N)cc32)ccc1F. The summed E-state index contributed by atoms with van der Waals surface area (Å²) in [5, 5.41) is 8.76. The van der Waals surface area contributed by atoms with E-state index in [-0.39, 0.29) is 5.82 Å². The second-order valence-electron chi connectivity index (χ2n) is 7.14. The number of hydrogen-bond acceptors (Lipinski definition) is 1. The number of halogens is 1. The molecule has 1 fully saturated rings. The third kappa shape index (κ3) is 2.88. The van der Waals surface area contributed by atoms with E-state index in [2.05, 4.69) is 22.8 Å². The van der Waals surface area contributed by atoms with Crippen LogP contribution in [0.15, 0.2) is 42.5 Å². The van der Waals surface area contributed by atoms with Crippen LogP contribution in [0.4, 0.5) is 4.39 Å². The highest BCUT2D eigenvalue weighted by Crippen LogP contribution is 2.37. The first-order valence-electron chi connectivity index (χ1n) is 9.10. The molecule has 0 radical (unpaired) electrons. The van der Waals surface area contributed by atoms with Gasteiger partial charge in [0.2, 0.25) is 0 Å². The number of fused-ring (bicyclic) bond motifs is 1. The van der Waals surface area contributed by atoms with Gasteiger partial charge in [-0.25, -0.2) is 4.39 Å². The molecule has 128 valence electrons. The molecule has 2 nitrogen and oxygen atoms in total. The van der Waals surface area contributed by atoms with Crippen molar-refractivity contribution >= 4 is 17.1 Å². The van der Waals surface area contributed by atoms with Crippen molar-refractivity contribution in [2.75, 3.05) is 0 Å². The Balaban J connectivity index is 1.96. The normalized spacial score (nSPS) is 15.6. The summed E-state index contributed by atoms with van der Waals surface area (Å²) in [6, 6.07) is 13.8. The first-order valence-corrected chi connectivity index (χ1v) is 9.10. The molecule has 1 saturated carbocycles. The molecule has 0 bridgehead atoms.